The smallest absolute Gasteiger partial charge is 0.412 e. The van der Waals surface area contributed by atoms with Crippen LogP contribution in [0.25, 0.3) is 0 Å². The van der Waals surface area contributed by atoms with Crippen LogP contribution in [-0.2, 0) is 16.1 Å². The van der Waals surface area contributed by atoms with Crippen molar-refractivity contribution in [1.29, 1.82) is 0 Å². The maximum Gasteiger partial charge on any atom is 0.412 e. The van der Waals surface area contributed by atoms with Crippen LogP contribution in [0.1, 0.15) is 24.1 Å². The van der Waals surface area contributed by atoms with E-state index < -0.39 is 18.7 Å². The van der Waals surface area contributed by atoms with Crippen molar-refractivity contribution in [2.75, 3.05) is 13.3 Å². The fourth-order valence-electron chi connectivity index (χ4n) is 3.05. The molecule has 1 fully saturated rings. The third-order valence-corrected chi connectivity index (χ3v) is 4.61. The summed E-state index contributed by atoms with van der Waals surface area (Å²) in [6, 6.07) is 17.8. The third-order valence-electron chi connectivity index (χ3n) is 4.61. The molecule has 0 radical (unpaired) electrons. The number of amides is 2. The molecule has 3 rings (SSSR count). The Morgan fingerprint density at radius 3 is 2.38 bits per heavy atom. The lowest BCUT2D eigenvalue weighted by Gasteiger charge is -2.24. The Labute approximate surface area is 152 Å². The Morgan fingerprint density at radius 1 is 1.15 bits per heavy atom. The maximum absolute atomic E-state index is 12.7. The summed E-state index contributed by atoms with van der Waals surface area (Å²) in [5, 5.41) is 9.61. The van der Waals surface area contributed by atoms with E-state index in [0.717, 1.165) is 11.1 Å². The van der Waals surface area contributed by atoms with Crippen LogP contribution in [0.3, 0.4) is 0 Å². The summed E-state index contributed by atoms with van der Waals surface area (Å²) in [6.07, 6.45) is -0.607. The van der Waals surface area contributed by atoms with Gasteiger partial charge in [0.25, 0.3) is 0 Å². The molecular weight excluding hydrogens is 332 g/mol. The zero-order valence-electron chi connectivity index (χ0n) is 14.6. The van der Waals surface area contributed by atoms with Gasteiger partial charge in [-0.15, -0.1) is 0 Å². The molecule has 2 amide bonds. The van der Waals surface area contributed by atoms with Gasteiger partial charge in [-0.2, -0.15) is 0 Å². The quantitative estimate of drug-likeness (QED) is 0.896. The summed E-state index contributed by atoms with van der Waals surface area (Å²) in [6.45, 7) is 1.68. The molecule has 2 aromatic carbocycles. The van der Waals surface area contributed by atoms with Gasteiger partial charge in [-0.3, -0.25) is 9.69 Å². The minimum Gasteiger partial charge on any atom is -0.444 e. The van der Waals surface area contributed by atoms with Crippen molar-refractivity contribution in [2.45, 2.75) is 25.6 Å². The van der Waals surface area contributed by atoms with Crippen molar-refractivity contribution < 1.29 is 19.4 Å². The molecule has 0 spiro atoms. The SMILES string of the molecule is C[C@@H](c1ccccc1)N1CN(C(=O)OCc2ccccc2)[C@@H](CO)C1=O. The van der Waals surface area contributed by atoms with Gasteiger partial charge in [-0.25, -0.2) is 4.79 Å². The fraction of sp³-hybridized carbons (Fsp3) is 0.300. The summed E-state index contributed by atoms with van der Waals surface area (Å²) in [5.41, 5.74) is 1.83. The third kappa shape index (κ3) is 3.70. The predicted molar refractivity (Wildman–Crippen MR) is 95.9 cm³/mol. The summed E-state index contributed by atoms with van der Waals surface area (Å²) < 4.78 is 5.32. The number of aliphatic hydroxyl groups excluding tert-OH is 1. The molecule has 0 saturated carbocycles. The van der Waals surface area contributed by atoms with E-state index in [0.29, 0.717) is 0 Å². The van der Waals surface area contributed by atoms with E-state index in [1.54, 1.807) is 4.90 Å². The van der Waals surface area contributed by atoms with Crippen molar-refractivity contribution in [1.82, 2.24) is 9.80 Å². The first-order valence-corrected chi connectivity index (χ1v) is 8.55. The van der Waals surface area contributed by atoms with Gasteiger partial charge in [0.1, 0.15) is 19.3 Å². The van der Waals surface area contributed by atoms with Crippen LogP contribution in [0.2, 0.25) is 0 Å². The standard InChI is InChI=1S/C20H22N2O4/c1-15(17-10-6-3-7-11-17)21-14-22(18(12-23)19(21)24)20(25)26-13-16-8-4-2-5-9-16/h2-11,15,18,23H,12-14H2,1H3/t15-,18-/m0/s1. The van der Waals surface area contributed by atoms with Crippen LogP contribution in [0.5, 0.6) is 0 Å². The number of rotatable bonds is 5. The summed E-state index contributed by atoms with van der Waals surface area (Å²) >= 11 is 0. The van der Waals surface area contributed by atoms with E-state index in [4.69, 9.17) is 4.74 Å². The molecule has 1 heterocycles. The highest BCUT2D eigenvalue weighted by Crippen LogP contribution is 2.27. The van der Waals surface area contributed by atoms with Crippen molar-refractivity contribution >= 4 is 12.0 Å². The second kappa shape index (κ2) is 8.01. The van der Waals surface area contributed by atoms with Crippen LogP contribution in [0.15, 0.2) is 60.7 Å². The Balaban J connectivity index is 1.69. The molecule has 0 aromatic heterocycles. The van der Waals surface area contributed by atoms with Crippen molar-refractivity contribution in [2.24, 2.45) is 0 Å². The highest BCUT2D eigenvalue weighted by Gasteiger charge is 2.43. The van der Waals surface area contributed by atoms with Gasteiger partial charge < -0.3 is 14.7 Å². The van der Waals surface area contributed by atoms with Gasteiger partial charge >= 0.3 is 6.09 Å². The predicted octanol–water partition coefficient (Wildman–Crippen LogP) is 2.55. The molecule has 2 atom stereocenters. The highest BCUT2D eigenvalue weighted by atomic mass is 16.6. The molecule has 136 valence electrons. The van der Waals surface area contributed by atoms with Crippen LogP contribution in [0.4, 0.5) is 4.79 Å². The lowest BCUT2D eigenvalue weighted by Crippen LogP contribution is -2.40. The number of carbonyl (C=O) groups excluding carboxylic acids is 2. The zero-order valence-corrected chi connectivity index (χ0v) is 14.6. The first kappa shape index (κ1) is 17.9. The minimum absolute atomic E-state index is 0.0910. The Hall–Kier alpha value is -2.86. The number of hydrogen-bond acceptors (Lipinski definition) is 4. The Kier molecular flexibility index (Phi) is 5.53. The zero-order chi connectivity index (χ0) is 18.5. The summed E-state index contributed by atoms with van der Waals surface area (Å²) in [4.78, 5) is 28.0. The second-order valence-electron chi connectivity index (χ2n) is 6.24. The van der Waals surface area contributed by atoms with E-state index in [1.807, 2.05) is 67.6 Å². The van der Waals surface area contributed by atoms with Gasteiger partial charge in [0, 0.05) is 0 Å². The monoisotopic (exact) mass is 354 g/mol. The molecule has 1 N–H and O–H groups in total. The summed E-state index contributed by atoms with van der Waals surface area (Å²) in [5.74, 6) is -0.277. The number of ether oxygens (including phenoxy) is 1. The van der Waals surface area contributed by atoms with Gasteiger partial charge in [0.05, 0.1) is 12.6 Å². The molecule has 6 heteroatoms. The number of aliphatic hydroxyl groups is 1. The van der Waals surface area contributed by atoms with Gasteiger partial charge in [0.15, 0.2) is 0 Å². The van der Waals surface area contributed by atoms with Crippen LogP contribution < -0.4 is 0 Å². The normalized spacial score (nSPS) is 18.1. The molecule has 1 aliphatic rings. The molecule has 1 aliphatic heterocycles. The van der Waals surface area contributed by atoms with Crippen LogP contribution in [-0.4, -0.2) is 46.2 Å². The first-order chi connectivity index (χ1) is 12.6. The maximum atomic E-state index is 12.7. The summed E-state index contributed by atoms with van der Waals surface area (Å²) in [7, 11) is 0. The minimum atomic E-state index is -0.913. The van der Waals surface area contributed by atoms with Crippen LogP contribution in [0, 0.1) is 0 Å². The molecule has 0 unspecified atom stereocenters. The highest BCUT2D eigenvalue weighted by molar-refractivity contribution is 5.89. The van der Waals surface area contributed by atoms with E-state index in [1.165, 1.54) is 4.90 Å². The lowest BCUT2D eigenvalue weighted by atomic mass is 10.1. The molecular formula is C20H22N2O4. The van der Waals surface area contributed by atoms with Gasteiger partial charge in [0.2, 0.25) is 5.91 Å². The Morgan fingerprint density at radius 2 is 1.77 bits per heavy atom. The molecule has 0 aliphatic carbocycles. The molecule has 1 saturated heterocycles. The Bertz CT molecular complexity index is 751. The van der Waals surface area contributed by atoms with Crippen molar-refractivity contribution in [3.05, 3.63) is 71.8 Å². The topological polar surface area (TPSA) is 70.1 Å². The van der Waals surface area contributed by atoms with E-state index in [-0.39, 0.29) is 25.2 Å². The van der Waals surface area contributed by atoms with E-state index >= 15 is 0 Å². The van der Waals surface area contributed by atoms with Gasteiger partial charge in [-0.1, -0.05) is 60.7 Å². The second-order valence-corrected chi connectivity index (χ2v) is 6.24. The number of benzene rings is 2. The molecule has 0 bridgehead atoms. The van der Waals surface area contributed by atoms with Gasteiger partial charge in [-0.05, 0) is 18.1 Å². The first-order valence-electron chi connectivity index (χ1n) is 8.55. The van der Waals surface area contributed by atoms with E-state index in [9.17, 15) is 14.7 Å². The molecule has 2 aromatic rings. The average Bonchev–Trinajstić information content (AvgIpc) is 3.03. The molecule has 6 nitrogen and oxygen atoms in total. The van der Waals surface area contributed by atoms with E-state index in [2.05, 4.69) is 0 Å². The molecule has 26 heavy (non-hydrogen) atoms. The van der Waals surface area contributed by atoms with Crippen molar-refractivity contribution in [3.8, 4) is 0 Å². The number of nitrogens with zero attached hydrogens (tertiary/aromatic N) is 2. The lowest BCUT2D eigenvalue weighted by molar-refractivity contribution is -0.131. The largest absolute Gasteiger partial charge is 0.444 e. The average molecular weight is 354 g/mol. The number of carbonyl (C=O) groups is 2. The van der Waals surface area contributed by atoms with Crippen molar-refractivity contribution in [3.63, 3.8) is 0 Å². The number of hydrogen-bond donors (Lipinski definition) is 1. The fourth-order valence-corrected chi connectivity index (χ4v) is 3.05. The van der Waals surface area contributed by atoms with Crippen LogP contribution >= 0.6 is 0 Å².